The Hall–Kier alpha value is -4.07. The minimum absolute atomic E-state index is 0.0369. The molecule has 0 unspecified atom stereocenters. The van der Waals surface area contributed by atoms with Gasteiger partial charge < -0.3 is 19.9 Å². The molecule has 4 aromatic rings. The largest absolute Gasteiger partial charge is 0.504 e. The second kappa shape index (κ2) is 9.62. The summed E-state index contributed by atoms with van der Waals surface area (Å²) in [4.78, 5) is 16.7. The van der Waals surface area contributed by atoms with Crippen molar-refractivity contribution >= 4 is 16.9 Å². The number of carbonyl (C=O) groups excluding carboxylic acids is 1. The number of rotatable bonds is 9. The lowest BCUT2D eigenvalue weighted by Gasteiger charge is -2.11. The van der Waals surface area contributed by atoms with Crippen LogP contribution in [0.5, 0.6) is 17.2 Å². The summed E-state index contributed by atoms with van der Waals surface area (Å²) < 4.78 is 11.3. The van der Waals surface area contributed by atoms with E-state index in [0.717, 1.165) is 16.7 Å². The minimum atomic E-state index is -0.244. The predicted molar refractivity (Wildman–Crippen MR) is 115 cm³/mol. The first kappa shape index (κ1) is 20.2. The first-order valence-electron chi connectivity index (χ1n) is 9.89. The van der Waals surface area contributed by atoms with Crippen molar-refractivity contribution in [2.24, 2.45) is 0 Å². The number of phenolic OH excluding ortho intramolecular Hbond substituents is 1. The maximum Gasteiger partial charge on any atom is 0.251 e. The lowest BCUT2D eigenvalue weighted by molar-refractivity contribution is 0.0951. The van der Waals surface area contributed by atoms with E-state index in [1.807, 2.05) is 36.4 Å². The maximum atomic E-state index is 12.4. The Bertz CT molecular complexity index is 1160. The summed E-state index contributed by atoms with van der Waals surface area (Å²) in [6.45, 7) is 1.17. The van der Waals surface area contributed by atoms with Gasteiger partial charge in [0.05, 0.1) is 12.8 Å². The molecule has 3 N–H and O–H groups in total. The number of aromatic nitrogens is 3. The number of nitrogens with one attached hydrogen (secondary N) is 2. The minimum Gasteiger partial charge on any atom is -0.504 e. The molecule has 31 heavy (non-hydrogen) atoms. The highest BCUT2D eigenvalue weighted by molar-refractivity contribution is 5.94. The number of hydrogen-bond donors (Lipinski definition) is 3. The Morgan fingerprint density at radius 2 is 1.94 bits per heavy atom. The van der Waals surface area contributed by atoms with Crippen molar-refractivity contribution in [2.75, 3.05) is 13.2 Å². The van der Waals surface area contributed by atoms with Crippen LogP contribution in [0.2, 0.25) is 0 Å². The zero-order valence-electron chi connectivity index (χ0n) is 16.7. The first-order chi connectivity index (χ1) is 15.2. The Morgan fingerprint density at radius 1 is 1.06 bits per heavy atom. The number of para-hydroxylation sites is 1. The number of benzene rings is 2. The van der Waals surface area contributed by atoms with Gasteiger partial charge in [-0.2, -0.15) is 5.10 Å². The third-order valence-corrected chi connectivity index (χ3v) is 4.58. The molecule has 0 aliphatic carbocycles. The number of H-pyrrole nitrogens is 1. The number of ether oxygens (including phenoxy) is 2. The normalized spacial score (nSPS) is 10.7. The molecule has 0 saturated carbocycles. The topological polar surface area (TPSA) is 109 Å². The van der Waals surface area contributed by atoms with Crippen LogP contribution in [0.15, 0.2) is 67.0 Å². The van der Waals surface area contributed by atoms with E-state index in [0.29, 0.717) is 30.8 Å². The molecule has 0 aliphatic rings. The zero-order valence-corrected chi connectivity index (χ0v) is 16.7. The van der Waals surface area contributed by atoms with Gasteiger partial charge in [-0.25, -0.2) is 4.98 Å². The van der Waals surface area contributed by atoms with Crippen LogP contribution < -0.4 is 14.8 Å². The summed E-state index contributed by atoms with van der Waals surface area (Å²) in [6.07, 6.45) is 4.02. The quantitative estimate of drug-likeness (QED) is 0.359. The van der Waals surface area contributed by atoms with Gasteiger partial charge in [-0.3, -0.25) is 9.89 Å². The lowest BCUT2D eigenvalue weighted by Crippen LogP contribution is -2.25. The van der Waals surface area contributed by atoms with Gasteiger partial charge in [0, 0.05) is 29.3 Å². The summed E-state index contributed by atoms with van der Waals surface area (Å²) in [5.74, 6) is 0.750. The van der Waals surface area contributed by atoms with Crippen LogP contribution >= 0.6 is 0 Å². The van der Waals surface area contributed by atoms with Crippen molar-refractivity contribution in [1.29, 1.82) is 0 Å². The average Bonchev–Trinajstić information content (AvgIpc) is 3.27. The van der Waals surface area contributed by atoms with Crippen molar-refractivity contribution in [3.05, 3.63) is 78.1 Å². The highest BCUT2D eigenvalue weighted by Gasteiger charge is 2.11. The molecule has 2 aromatic carbocycles. The molecule has 2 aromatic heterocycles. The number of phenols is 1. The number of hydrogen-bond acceptors (Lipinski definition) is 6. The molecular weight excluding hydrogens is 396 g/mol. The van der Waals surface area contributed by atoms with Crippen LogP contribution in [-0.4, -0.2) is 39.3 Å². The fourth-order valence-electron chi connectivity index (χ4n) is 2.98. The molecule has 0 radical (unpaired) electrons. The molecule has 0 saturated heterocycles. The molecule has 8 nitrogen and oxygen atoms in total. The number of fused-ring (bicyclic) bond motifs is 1. The maximum absolute atomic E-state index is 12.4. The molecule has 0 spiro atoms. The summed E-state index contributed by atoms with van der Waals surface area (Å²) >= 11 is 0. The average molecular weight is 418 g/mol. The number of aromatic hydroxyl groups is 1. The lowest BCUT2D eigenvalue weighted by atomic mass is 10.2. The van der Waals surface area contributed by atoms with Gasteiger partial charge in [-0.1, -0.05) is 18.2 Å². The third kappa shape index (κ3) is 5.30. The number of carbonyl (C=O) groups is 1. The van der Waals surface area contributed by atoms with Crippen LogP contribution in [0, 0.1) is 0 Å². The Morgan fingerprint density at radius 3 is 2.81 bits per heavy atom. The summed E-state index contributed by atoms with van der Waals surface area (Å²) in [7, 11) is 0. The van der Waals surface area contributed by atoms with E-state index in [1.54, 1.807) is 18.5 Å². The highest BCUT2D eigenvalue weighted by atomic mass is 16.5. The van der Waals surface area contributed by atoms with Crippen LogP contribution in [0.3, 0.4) is 0 Å². The SMILES string of the molecule is O=C(NCCCOc1ccccc1)c1ccc(O)c(OCc2cnc3[nH]ncc3c2)c1. The summed E-state index contributed by atoms with van der Waals surface area (Å²) in [5, 5.41) is 20.5. The molecule has 158 valence electrons. The van der Waals surface area contributed by atoms with E-state index in [1.165, 1.54) is 12.1 Å². The van der Waals surface area contributed by atoms with Crippen molar-refractivity contribution in [2.45, 2.75) is 13.0 Å². The predicted octanol–water partition coefficient (Wildman–Crippen LogP) is 3.44. The van der Waals surface area contributed by atoms with Crippen molar-refractivity contribution in [3.8, 4) is 17.2 Å². The number of aromatic amines is 1. The molecule has 1 amide bonds. The molecule has 0 aliphatic heterocycles. The monoisotopic (exact) mass is 418 g/mol. The molecule has 4 rings (SSSR count). The fourth-order valence-corrected chi connectivity index (χ4v) is 2.98. The van der Waals surface area contributed by atoms with Gasteiger partial charge >= 0.3 is 0 Å². The van der Waals surface area contributed by atoms with Crippen LogP contribution in [-0.2, 0) is 6.61 Å². The van der Waals surface area contributed by atoms with Gasteiger partial charge in [-0.05, 0) is 42.8 Å². The Labute approximate surface area is 178 Å². The molecular formula is C23H22N4O4. The standard InChI is InChI=1S/C23H22N4O4/c28-20-8-7-17(23(29)24-9-4-10-30-19-5-2-1-3-6-19)12-21(20)31-15-16-11-18-14-26-27-22(18)25-13-16/h1-3,5-8,11-14,28H,4,9-10,15H2,(H,24,29)(H,25,26,27). The van der Waals surface area contributed by atoms with Gasteiger partial charge in [0.1, 0.15) is 12.4 Å². The van der Waals surface area contributed by atoms with E-state index < -0.39 is 0 Å². The van der Waals surface area contributed by atoms with E-state index in [2.05, 4.69) is 20.5 Å². The highest BCUT2D eigenvalue weighted by Crippen LogP contribution is 2.28. The van der Waals surface area contributed by atoms with Gasteiger partial charge in [0.25, 0.3) is 5.91 Å². The molecule has 2 heterocycles. The van der Waals surface area contributed by atoms with Gasteiger partial charge in [0.2, 0.25) is 0 Å². The Kier molecular flexibility index (Phi) is 6.27. The third-order valence-electron chi connectivity index (χ3n) is 4.58. The summed E-state index contributed by atoms with van der Waals surface area (Å²) in [5.41, 5.74) is 1.92. The fraction of sp³-hybridized carbons (Fsp3) is 0.174. The molecule has 0 bridgehead atoms. The van der Waals surface area contributed by atoms with E-state index in [9.17, 15) is 9.90 Å². The van der Waals surface area contributed by atoms with Gasteiger partial charge in [-0.15, -0.1) is 0 Å². The number of amides is 1. The smallest absolute Gasteiger partial charge is 0.251 e. The summed E-state index contributed by atoms with van der Waals surface area (Å²) in [6, 6.07) is 15.9. The molecule has 8 heteroatoms. The van der Waals surface area contributed by atoms with E-state index >= 15 is 0 Å². The second-order valence-electron chi connectivity index (χ2n) is 6.89. The first-order valence-corrected chi connectivity index (χ1v) is 9.89. The molecule has 0 fully saturated rings. The van der Waals surface area contributed by atoms with E-state index in [4.69, 9.17) is 9.47 Å². The van der Waals surface area contributed by atoms with Crippen LogP contribution in [0.4, 0.5) is 0 Å². The number of pyridine rings is 1. The Balaban J connectivity index is 1.28. The van der Waals surface area contributed by atoms with Crippen molar-refractivity contribution in [3.63, 3.8) is 0 Å². The zero-order chi connectivity index (χ0) is 21.5. The van der Waals surface area contributed by atoms with Crippen molar-refractivity contribution < 1.29 is 19.4 Å². The second-order valence-corrected chi connectivity index (χ2v) is 6.89. The van der Waals surface area contributed by atoms with Gasteiger partial charge in [0.15, 0.2) is 17.1 Å². The van der Waals surface area contributed by atoms with Crippen LogP contribution in [0.25, 0.3) is 11.0 Å². The van der Waals surface area contributed by atoms with Crippen molar-refractivity contribution in [1.82, 2.24) is 20.5 Å². The van der Waals surface area contributed by atoms with E-state index in [-0.39, 0.29) is 24.0 Å². The number of nitrogens with zero attached hydrogens (tertiary/aromatic N) is 2. The van der Waals surface area contributed by atoms with Crippen LogP contribution in [0.1, 0.15) is 22.3 Å². The molecule has 0 atom stereocenters.